The molecule has 2 amide bonds. The van der Waals surface area contributed by atoms with Gasteiger partial charge in [-0.15, -0.1) is 0 Å². The molecule has 0 aliphatic rings. The first kappa shape index (κ1) is 19.3. The van der Waals surface area contributed by atoms with Gasteiger partial charge >= 0.3 is 11.8 Å². The summed E-state index contributed by atoms with van der Waals surface area (Å²) < 4.78 is 0. The predicted octanol–water partition coefficient (Wildman–Crippen LogP) is 5.72. The van der Waals surface area contributed by atoms with Crippen LogP contribution in [0.4, 0.5) is 11.4 Å². The van der Waals surface area contributed by atoms with Crippen LogP contribution >= 0.6 is 35.0 Å². The Labute approximate surface area is 170 Å². The van der Waals surface area contributed by atoms with Gasteiger partial charge in [0.15, 0.2) is 0 Å². The maximum Gasteiger partial charge on any atom is 0.314 e. The summed E-state index contributed by atoms with van der Waals surface area (Å²) in [6.07, 6.45) is 0. The van der Waals surface area contributed by atoms with Gasteiger partial charge in [-0.25, -0.2) is 0 Å². The van der Waals surface area contributed by atoms with Crippen molar-refractivity contribution < 1.29 is 9.59 Å². The molecule has 3 rings (SSSR count). The van der Waals surface area contributed by atoms with Crippen LogP contribution in [0.1, 0.15) is 0 Å². The second kappa shape index (κ2) is 8.95. The molecule has 0 fully saturated rings. The van der Waals surface area contributed by atoms with Gasteiger partial charge in [0.05, 0.1) is 21.4 Å². The average molecular weight is 417 g/mol. The Morgan fingerprint density at radius 2 is 1.30 bits per heavy atom. The molecule has 0 spiro atoms. The van der Waals surface area contributed by atoms with Crippen molar-refractivity contribution in [1.29, 1.82) is 0 Å². The monoisotopic (exact) mass is 416 g/mol. The van der Waals surface area contributed by atoms with E-state index in [1.807, 2.05) is 42.5 Å². The van der Waals surface area contributed by atoms with Crippen LogP contribution in [0.5, 0.6) is 0 Å². The molecule has 4 nitrogen and oxygen atoms in total. The van der Waals surface area contributed by atoms with Crippen molar-refractivity contribution in [2.24, 2.45) is 0 Å². The molecule has 0 saturated heterocycles. The zero-order valence-electron chi connectivity index (χ0n) is 13.9. The quantitative estimate of drug-likeness (QED) is 0.534. The SMILES string of the molecule is O=C(Nc1ccccc1Sc1ccccc1)C(=O)Nc1cccc(Cl)c1Cl. The topological polar surface area (TPSA) is 58.2 Å². The molecule has 3 aromatic carbocycles. The molecule has 0 unspecified atom stereocenters. The Hall–Kier alpha value is -2.47. The highest BCUT2D eigenvalue weighted by Crippen LogP contribution is 2.33. The average Bonchev–Trinajstić information content (AvgIpc) is 2.67. The van der Waals surface area contributed by atoms with Crippen LogP contribution in [-0.2, 0) is 9.59 Å². The molecule has 0 saturated carbocycles. The number of hydrogen-bond acceptors (Lipinski definition) is 3. The van der Waals surface area contributed by atoms with Crippen LogP contribution in [0.3, 0.4) is 0 Å². The Bertz CT molecular complexity index is 981. The lowest BCUT2D eigenvalue weighted by atomic mass is 10.3. The van der Waals surface area contributed by atoms with Crippen molar-refractivity contribution in [1.82, 2.24) is 0 Å². The second-order valence-corrected chi connectivity index (χ2v) is 7.32. The number of nitrogens with one attached hydrogen (secondary N) is 2. The first-order chi connectivity index (χ1) is 13.0. The maximum absolute atomic E-state index is 12.3. The number of para-hydroxylation sites is 1. The molecule has 0 radical (unpaired) electrons. The van der Waals surface area contributed by atoms with Crippen LogP contribution in [0.2, 0.25) is 10.0 Å². The van der Waals surface area contributed by atoms with E-state index < -0.39 is 11.8 Å². The van der Waals surface area contributed by atoms with Crippen molar-refractivity contribution in [2.75, 3.05) is 10.6 Å². The molecule has 0 heterocycles. The maximum atomic E-state index is 12.3. The van der Waals surface area contributed by atoms with E-state index in [9.17, 15) is 9.59 Å². The Morgan fingerprint density at radius 3 is 2.04 bits per heavy atom. The number of carbonyl (C=O) groups is 2. The van der Waals surface area contributed by atoms with Gasteiger partial charge in [-0.05, 0) is 36.4 Å². The van der Waals surface area contributed by atoms with Gasteiger partial charge < -0.3 is 10.6 Å². The molecule has 7 heteroatoms. The van der Waals surface area contributed by atoms with Crippen LogP contribution in [0.25, 0.3) is 0 Å². The fourth-order valence-electron chi connectivity index (χ4n) is 2.23. The third-order valence-electron chi connectivity index (χ3n) is 3.51. The zero-order valence-corrected chi connectivity index (χ0v) is 16.2. The lowest BCUT2D eigenvalue weighted by molar-refractivity contribution is -0.133. The smallest absolute Gasteiger partial charge is 0.314 e. The van der Waals surface area contributed by atoms with Crippen LogP contribution in [-0.4, -0.2) is 11.8 Å². The van der Waals surface area contributed by atoms with Gasteiger partial charge in [0, 0.05) is 9.79 Å². The summed E-state index contributed by atoms with van der Waals surface area (Å²) in [5, 5.41) is 5.58. The number of amides is 2. The van der Waals surface area contributed by atoms with Gasteiger partial charge in [0.25, 0.3) is 0 Å². The highest BCUT2D eigenvalue weighted by atomic mass is 35.5. The first-order valence-corrected chi connectivity index (χ1v) is 9.50. The normalized spacial score (nSPS) is 10.3. The van der Waals surface area contributed by atoms with Crippen molar-refractivity contribution in [2.45, 2.75) is 9.79 Å². The molecule has 136 valence electrons. The molecule has 0 atom stereocenters. The minimum Gasteiger partial charge on any atom is -0.317 e. The van der Waals surface area contributed by atoms with Gasteiger partial charge in [-0.3, -0.25) is 9.59 Å². The van der Waals surface area contributed by atoms with Crippen molar-refractivity contribution in [3.8, 4) is 0 Å². The van der Waals surface area contributed by atoms with Crippen molar-refractivity contribution in [3.63, 3.8) is 0 Å². The molecule has 2 N–H and O–H groups in total. The molecule has 0 aliphatic carbocycles. The van der Waals surface area contributed by atoms with Gasteiger partial charge in [-0.1, -0.05) is 71.4 Å². The molecule has 0 bridgehead atoms. The number of hydrogen-bond donors (Lipinski definition) is 2. The minimum atomic E-state index is -0.835. The van der Waals surface area contributed by atoms with Gasteiger partial charge in [-0.2, -0.15) is 0 Å². The molecule has 27 heavy (non-hydrogen) atoms. The van der Waals surface area contributed by atoms with Crippen LogP contribution in [0, 0.1) is 0 Å². The van der Waals surface area contributed by atoms with Crippen molar-refractivity contribution in [3.05, 3.63) is 82.8 Å². The summed E-state index contributed by atoms with van der Waals surface area (Å²) in [7, 11) is 0. The van der Waals surface area contributed by atoms with Gasteiger partial charge in [0.2, 0.25) is 0 Å². The van der Waals surface area contributed by atoms with Crippen molar-refractivity contribution >= 4 is 58.2 Å². The Morgan fingerprint density at radius 1 is 0.704 bits per heavy atom. The standard InChI is InChI=1S/C20H14Cl2N2O2S/c21-14-9-6-11-16(18(14)22)24-20(26)19(25)23-15-10-4-5-12-17(15)27-13-7-2-1-3-8-13/h1-12H,(H,23,25)(H,24,26). The summed E-state index contributed by atoms with van der Waals surface area (Å²) >= 11 is 13.4. The molecule has 0 aliphatic heterocycles. The van der Waals surface area contributed by atoms with E-state index in [2.05, 4.69) is 10.6 Å². The molecular weight excluding hydrogens is 403 g/mol. The van der Waals surface area contributed by atoms with Crippen LogP contribution in [0.15, 0.2) is 82.6 Å². The summed E-state index contributed by atoms with van der Waals surface area (Å²) in [6, 6.07) is 21.8. The summed E-state index contributed by atoms with van der Waals surface area (Å²) in [5.41, 5.74) is 0.819. The fraction of sp³-hybridized carbons (Fsp3) is 0. The zero-order chi connectivity index (χ0) is 19.2. The largest absolute Gasteiger partial charge is 0.317 e. The number of carbonyl (C=O) groups excluding carboxylic acids is 2. The second-order valence-electron chi connectivity index (χ2n) is 5.42. The van der Waals surface area contributed by atoms with E-state index in [0.29, 0.717) is 10.7 Å². The lowest BCUT2D eigenvalue weighted by Crippen LogP contribution is -2.29. The number of benzene rings is 3. The Balaban J connectivity index is 1.72. The number of anilines is 2. The van der Waals surface area contributed by atoms with Gasteiger partial charge in [0.1, 0.15) is 0 Å². The fourth-order valence-corrected chi connectivity index (χ4v) is 3.50. The third-order valence-corrected chi connectivity index (χ3v) is 5.41. The van der Waals surface area contributed by atoms with E-state index in [0.717, 1.165) is 9.79 Å². The highest BCUT2D eigenvalue weighted by molar-refractivity contribution is 7.99. The minimum absolute atomic E-state index is 0.181. The van der Waals surface area contributed by atoms with E-state index >= 15 is 0 Å². The summed E-state index contributed by atoms with van der Waals surface area (Å²) in [5.74, 6) is -1.63. The highest BCUT2D eigenvalue weighted by Gasteiger charge is 2.17. The van der Waals surface area contributed by atoms with Crippen LogP contribution < -0.4 is 10.6 Å². The first-order valence-electron chi connectivity index (χ1n) is 7.93. The number of halogens is 2. The molecule has 3 aromatic rings. The lowest BCUT2D eigenvalue weighted by Gasteiger charge is -2.11. The molecule has 0 aromatic heterocycles. The molecular formula is C20H14Cl2N2O2S. The van der Waals surface area contributed by atoms with E-state index in [1.165, 1.54) is 11.8 Å². The Kier molecular flexibility index (Phi) is 6.40. The third kappa shape index (κ3) is 5.04. The van der Waals surface area contributed by atoms with E-state index in [4.69, 9.17) is 23.2 Å². The number of rotatable bonds is 4. The summed E-state index contributed by atoms with van der Waals surface area (Å²) in [4.78, 5) is 26.4. The predicted molar refractivity (Wildman–Crippen MR) is 111 cm³/mol. The van der Waals surface area contributed by atoms with E-state index in [1.54, 1.807) is 30.3 Å². The van der Waals surface area contributed by atoms with E-state index in [-0.39, 0.29) is 10.7 Å². The summed E-state index contributed by atoms with van der Waals surface area (Å²) in [6.45, 7) is 0.